The third-order valence-corrected chi connectivity index (χ3v) is 6.22. The third kappa shape index (κ3) is 3.95. The normalized spacial score (nSPS) is 37.1. The average molecular weight is 259 g/mol. The van der Waals surface area contributed by atoms with Crippen molar-refractivity contribution in [2.45, 2.75) is 51.5 Å². The fraction of sp³-hybridized carbons (Fsp3) is 1.00. The molecule has 0 aromatic heterocycles. The summed E-state index contributed by atoms with van der Waals surface area (Å²) in [6.45, 7) is 3.18. The summed E-state index contributed by atoms with van der Waals surface area (Å²) in [4.78, 5) is 0. The molecule has 3 unspecified atom stereocenters. The fourth-order valence-corrected chi connectivity index (χ4v) is 5.08. The molecule has 100 valence electrons. The van der Waals surface area contributed by atoms with Gasteiger partial charge in [-0.15, -0.1) is 0 Å². The third-order valence-electron chi connectivity index (χ3n) is 4.38. The fourth-order valence-electron chi connectivity index (χ4n) is 3.21. The molecule has 1 aliphatic heterocycles. The molecular weight excluding hydrogens is 234 g/mol. The Kier molecular flexibility index (Phi) is 4.47. The highest BCUT2D eigenvalue weighted by Crippen LogP contribution is 2.27. The summed E-state index contributed by atoms with van der Waals surface area (Å²) in [6, 6.07) is 0.636. The molecule has 0 aromatic carbocycles. The number of rotatable bonds is 4. The van der Waals surface area contributed by atoms with E-state index in [1.807, 2.05) is 0 Å². The van der Waals surface area contributed by atoms with E-state index < -0.39 is 9.84 Å². The Bertz CT molecular complexity index is 339. The van der Waals surface area contributed by atoms with Crippen LogP contribution in [0.1, 0.15) is 45.4 Å². The topological polar surface area (TPSA) is 46.2 Å². The Labute approximate surface area is 105 Å². The zero-order valence-electron chi connectivity index (χ0n) is 10.8. The van der Waals surface area contributed by atoms with E-state index in [9.17, 15) is 8.42 Å². The smallest absolute Gasteiger partial charge is 0.150 e. The van der Waals surface area contributed by atoms with Crippen LogP contribution in [-0.2, 0) is 9.84 Å². The maximum Gasteiger partial charge on any atom is 0.150 e. The summed E-state index contributed by atoms with van der Waals surface area (Å²) < 4.78 is 22.7. The van der Waals surface area contributed by atoms with Crippen LogP contribution in [0.5, 0.6) is 0 Å². The van der Waals surface area contributed by atoms with Crippen molar-refractivity contribution in [1.82, 2.24) is 5.32 Å². The van der Waals surface area contributed by atoms with Gasteiger partial charge in [0.25, 0.3) is 0 Å². The van der Waals surface area contributed by atoms with Gasteiger partial charge in [0, 0.05) is 6.04 Å². The first kappa shape index (κ1) is 13.3. The van der Waals surface area contributed by atoms with Gasteiger partial charge in [-0.3, -0.25) is 0 Å². The van der Waals surface area contributed by atoms with Crippen molar-refractivity contribution in [2.75, 3.05) is 18.1 Å². The van der Waals surface area contributed by atoms with Crippen LogP contribution in [0.3, 0.4) is 0 Å². The van der Waals surface area contributed by atoms with E-state index >= 15 is 0 Å². The van der Waals surface area contributed by atoms with Crippen molar-refractivity contribution in [1.29, 1.82) is 0 Å². The monoisotopic (exact) mass is 259 g/mol. The molecule has 1 aliphatic carbocycles. The number of hydrogen-bond donors (Lipinski definition) is 1. The Morgan fingerprint density at radius 2 is 2.00 bits per heavy atom. The van der Waals surface area contributed by atoms with Gasteiger partial charge >= 0.3 is 0 Å². The van der Waals surface area contributed by atoms with Gasteiger partial charge in [0.1, 0.15) is 0 Å². The van der Waals surface area contributed by atoms with Crippen LogP contribution in [0.25, 0.3) is 0 Å². The second-order valence-electron chi connectivity index (χ2n) is 5.82. The predicted octanol–water partition coefficient (Wildman–Crippen LogP) is 1.98. The first-order valence-electron chi connectivity index (χ1n) is 7.03. The Hall–Kier alpha value is -0.0900. The molecule has 1 heterocycles. The zero-order valence-corrected chi connectivity index (χ0v) is 11.6. The van der Waals surface area contributed by atoms with Gasteiger partial charge in [0.05, 0.1) is 11.5 Å². The van der Waals surface area contributed by atoms with E-state index in [1.54, 1.807) is 0 Å². The highest BCUT2D eigenvalue weighted by Gasteiger charge is 2.28. The molecule has 4 heteroatoms. The van der Waals surface area contributed by atoms with Gasteiger partial charge in [-0.1, -0.05) is 26.2 Å². The molecule has 0 radical (unpaired) electrons. The summed E-state index contributed by atoms with van der Waals surface area (Å²) in [6.07, 6.45) is 7.42. The lowest BCUT2D eigenvalue weighted by molar-refractivity contribution is 0.272. The average Bonchev–Trinajstić information content (AvgIpc) is 2.67. The maximum atomic E-state index is 11.4. The molecule has 2 fully saturated rings. The van der Waals surface area contributed by atoms with E-state index in [4.69, 9.17) is 0 Å². The van der Waals surface area contributed by atoms with E-state index in [-0.39, 0.29) is 0 Å². The Morgan fingerprint density at radius 3 is 2.65 bits per heavy atom. The van der Waals surface area contributed by atoms with E-state index in [2.05, 4.69) is 12.2 Å². The second-order valence-corrected chi connectivity index (χ2v) is 8.04. The van der Waals surface area contributed by atoms with Crippen molar-refractivity contribution in [2.24, 2.45) is 11.8 Å². The van der Waals surface area contributed by atoms with Crippen molar-refractivity contribution < 1.29 is 8.42 Å². The molecule has 1 N–H and O–H groups in total. The summed E-state index contributed by atoms with van der Waals surface area (Å²) in [7, 11) is -2.70. The Balaban J connectivity index is 1.71. The second kappa shape index (κ2) is 5.70. The zero-order chi connectivity index (χ0) is 12.3. The largest absolute Gasteiger partial charge is 0.314 e. The molecule has 3 atom stereocenters. The number of sulfone groups is 1. The van der Waals surface area contributed by atoms with Crippen LogP contribution in [0.2, 0.25) is 0 Å². The molecule has 1 saturated carbocycles. The predicted molar refractivity (Wildman–Crippen MR) is 70.8 cm³/mol. The molecule has 0 bridgehead atoms. The van der Waals surface area contributed by atoms with E-state index in [0.717, 1.165) is 18.9 Å². The number of nitrogens with one attached hydrogen (secondary N) is 1. The van der Waals surface area contributed by atoms with Crippen LogP contribution in [-0.4, -0.2) is 32.5 Å². The van der Waals surface area contributed by atoms with Crippen LogP contribution in [0.15, 0.2) is 0 Å². The van der Waals surface area contributed by atoms with Crippen molar-refractivity contribution in [3.05, 3.63) is 0 Å². The van der Waals surface area contributed by atoms with Gasteiger partial charge < -0.3 is 5.32 Å². The van der Waals surface area contributed by atoms with Crippen molar-refractivity contribution >= 4 is 9.84 Å². The van der Waals surface area contributed by atoms with Crippen LogP contribution < -0.4 is 5.32 Å². The number of hydrogen-bond acceptors (Lipinski definition) is 3. The molecule has 3 nitrogen and oxygen atoms in total. The molecule has 17 heavy (non-hydrogen) atoms. The van der Waals surface area contributed by atoms with Crippen LogP contribution in [0.4, 0.5) is 0 Å². The van der Waals surface area contributed by atoms with Gasteiger partial charge in [-0.2, -0.15) is 0 Å². The molecule has 0 spiro atoms. The molecule has 0 aromatic rings. The van der Waals surface area contributed by atoms with Gasteiger partial charge in [0.15, 0.2) is 9.84 Å². The van der Waals surface area contributed by atoms with Crippen molar-refractivity contribution in [3.63, 3.8) is 0 Å². The highest BCUT2D eigenvalue weighted by molar-refractivity contribution is 7.91. The summed E-state index contributed by atoms with van der Waals surface area (Å²) in [5, 5.41) is 3.60. The van der Waals surface area contributed by atoms with Gasteiger partial charge in [-0.25, -0.2) is 8.42 Å². The SMILES string of the molecule is CCC1CCCC(NCC2CCS(=O)(=O)C2)C1. The highest BCUT2D eigenvalue weighted by atomic mass is 32.2. The lowest BCUT2D eigenvalue weighted by atomic mass is 9.84. The lowest BCUT2D eigenvalue weighted by Crippen LogP contribution is -2.37. The molecule has 2 aliphatic rings. The minimum absolute atomic E-state index is 0.363. The standard InChI is InChI=1S/C13H25NO2S/c1-2-11-4-3-5-13(8-11)14-9-12-6-7-17(15,16)10-12/h11-14H,2-10H2,1H3. The van der Waals surface area contributed by atoms with Crippen molar-refractivity contribution in [3.8, 4) is 0 Å². The minimum atomic E-state index is -2.70. The van der Waals surface area contributed by atoms with Crippen LogP contribution >= 0.6 is 0 Å². The summed E-state index contributed by atoms with van der Waals surface area (Å²) in [5.74, 6) is 2.06. The first-order valence-corrected chi connectivity index (χ1v) is 8.85. The van der Waals surface area contributed by atoms with Gasteiger partial charge in [-0.05, 0) is 37.6 Å². The summed E-state index contributed by atoms with van der Waals surface area (Å²) >= 11 is 0. The molecular formula is C13H25NO2S. The maximum absolute atomic E-state index is 11.4. The summed E-state index contributed by atoms with van der Waals surface area (Å²) in [5.41, 5.74) is 0. The van der Waals surface area contributed by atoms with E-state index in [0.29, 0.717) is 23.5 Å². The quantitative estimate of drug-likeness (QED) is 0.839. The van der Waals surface area contributed by atoms with E-state index in [1.165, 1.54) is 32.1 Å². The van der Waals surface area contributed by atoms with Gasteiger partial charge in [0.2, 0.25) is 0 Å². The molecule has 1 saturated heterocycles. The molecule has 2 rings (SSSR count). The Morgan fingerprint density at radius 1 is 1.18 bits per heavy atom. The van der Waals surface area contributed by atoms with Crippen LogP contribution in [0, 0.1) is 11.8 Å². The first-order chi connectivity index (χ1) is 8.09. The lowest BCUT2D eigenvalue weighted by Gasteiger charge is -2.30. The minimum Gasteiger partial charge on any atom is -0.314 e. The molecule has 0 amide bonds.